The highest BCUT2D eigenvalue weighted by Gasteiger charge is 2.33. The normalized spacial score (nSPS) is 18.4. The van der Waals surface area contributed by atoms with Gasteiger partial charge in [0, 0.05) is 25.4 Å². The van der Waals surface area contributed by atoms with Crippen LogP contribution in [0.1, 0.15) is 24.0 Å². The van der Waals surface area contributed by atoms with Gasteiger partial charge in [-0.1, -0.05) is 0 Å². The van der Waals surface area contributed by atoms with Gasteiger partial charge in [0.2, 0.25) is 11.8 Å². The molecule has 0 bridgehead atoms. The minimum absolute atomic E-state index is 0.0867. The van der Waals surface area contributed by atoms with Crippen LogP contribution in [0.4, 0.5) is 10.2 Å². The van der Waals surface area contributed by atoms with E-state index in [2.05, 4.69) is 10.3 Å². The van der Waals surface area contributed by atoms with Crippen molar-refractivity contribution in [1.82, 2.24) is 9.88 Å². The van der Waals surface area contributed by atoms with Crippen LogP contribution in [0.2, 0.25) is 0 Å². The first-order chi connectivity index (χ1) is 16.4. The van der Waals surface area contributed by atoms with E-state index in [4.69, 9.17) is 9.47 Å². The van der Waals surface area contributed by atoms with Gasteiger partial charge in [-0.2, -0.15) is 0 Å². The van der Waals surface area contributed by atoms with Crippen LogP contribution in [0, 0.1) is 17.7 Å². The zero-order valence-corrected chi connectivity index (χ0v) is 18.8. The van der Waals surface area contributed by atoms with Crippen molar-refractivity contribution in [3.8, 4) is 5.75 Å². The third-order valence-corrected chi connectivity index (χ3v) is 6.10. The largest absolute Gasteiger partial charge is 0.493 e. The molecule has 3 heterocycles. The number of carbonyl (C=O) groups is 3. The number of piperidine rings is 1. The van der Waals surface area contributed by atoms with Gasteiger partial charge in [0.1, 0.15) is 23.3 Å². The highest BCUT2D eigenvalue weighted by atomic mass is 19.1. The summed E-state index contributed by atoms with van der Waals surface area (Å²) in [5.74, 6) is -0.929. The minimum atomic E-state index is -0.909. The molecule has 1 unspecified atom stereocenters. The molecule has 8 nitrogen and oxygen atoms in total. The number of carbonyl (C=O) groups excluding carboxylic acids is 3. The number of benzene rings is 1. The van der Waals surface area contributed by atoms with Crippen LogP contribution in [-0.4, -0.2) is 54.5 Å². The van der Waals surface area contributed by atoms with Crippen LogP contribution in [0.5, 0.6) is 5.75 Å². The van der Waals surface area contributed by atoms with Crippen molar-refractivity contribution in [2.75, 3.05) is 32.1 Å². The van der Waals surface area contributed by atoms with Gasteiger partial charge in [0.05, 0.1) is 13.7 Å². The van der Waals surface area contributed by atoms with Gasteiger partial charge in [-0.25, -0.2) is 9.37 Å². The van der Waals surface area contributed by atoms with E-state index in [1.807, 2.05) is 0 Å². The summed E-state index contributed by atoms with van der Waals surface area (Å²) in [6.45, 7) is 1.80. The number of methoxy groups -OCH3 is 1. The molecule has 2 aromatic rings. The number of ether oxygens (including phenoxy) is 2. The third-order valence-electron chi connectivity index (χ3n) is 6.10. The minimum Gasteiger partial charge on any atom is -0.493 e. The maximum Gasteiger partial charge on any atom is 0.318 e. The molecule has 1 aromatic carbocycles. The average Bonchev–Trinajstić information content (AvgIpc) is 2.86. The van der Waals surface area contributed by atoms with Crippen molar-refractivity contribution < 1.29 is 28.2 Å². The number of hydrogen-bond donors (Lipinski definition) is 1. The Morgan fingerprint density at radius 3 is 2.68 bits per heavy atom. The zero-order valence-electron chi connectivity index (χ0n) is 18.8. The summed E-state index contributed by atoms with van der Waals surface area (Å²) in [6.07, 6.45) is 6.62. The summed E-state index contributed by atoms with van der Waals surface area (Å²) in [4.78, 5) is 42.5. The van der Waals surface area contributed by atoms with E-state index in [0.717, 1.165) is 12.8 Å². The van der Waals surface area contributed by atoms with Crippen LogP contribution in [0.25, 0.3) is 6.08 Å². The molecular weight excluding hydrogens is 441 g/mol. The summed E-state index contributed by atoms with van der Waals surface area (Å²) in [5.41, 5.74) is 1.42. The lowest BCUT2D eigenvalue weighted by atomic mass is 9.94. The molecule has 1 fully saturated rings. The van der Waals surface area contributed by atoms with Crippen LogP contribution in [0.15, 0.2) is 42.6 Å². The predicted molar refractivity (Wildman–Crippen MR) is 122 cm³/mol. The van der Waals surface area contributed by atoms with Crippen molar-refractivity contribution in [2.24, 2.45) is 11.8 Å². The maximum absolute atomic E-state index is 13.0. The Morgan fingerprint density at radius 1 is 1.24 bits per heavy atom. The highest BCUT2D eigenvalue weighted by molar-refractivity contribution is 6.06. The van der Waals surface area contributed by atoms with E-state index < -0.39 is 17.8 Å². The van der Waals surface area contributed by atoms with Gasteiger partial charge in [-0.05, 0) is 72.7 Å². The first-order valence-electron chi connectivity index (χ1n) is 11.2. The Labute approximate surface area is 196 Å². The van der Waals surface area contributed by atoms with E-state index in [1.165, 1.54) is 25.3 Å². The number of fused-ring (bicyclic) bond motifs is 1. The van der Waals surface area contributed by atoms with Crippen molar-refractivity contribution in [3.05, 3.63) is 59.5 Å². The second kappa shape index (κ2) is 10.5. The van der Waals surface area contributed by atoms with Crippen LogP contribution in [0.3, 0.4) is 0 Å². The van der Waals surface area contributed by atoms with Gasteiger partial charge in [0.25, 0.3) is 0 Å². The van der Waals surface area contributed by atoms with Crippen LogP contribution >= 0.6 is 0 Å². The zero-order chi connectivity index (χ0) is 24.1. The molecule has 2 amide bonds. The summed E-state index contributed by atoms with van der Waals surface area (Å²) < 4.78 is 23.4. The fourth-order valence-corrected chi connectivity index (χ4v) is 4.07. The van der Waals surface area contributed by atoms with Crippen LogP contribution < -0.4 is 10.1 Å². The lowest BCUT2D eigenvalue weighted by Gasteiger charge is -2.31. The molecule has 0 aliphatic carbocycles. The second-order valence-electron chi connectivity index (χ2n) is 8.41. The highest BCUT2D eigenvalue weighted by Crippen LogP contribution is 2.26. The van der Waals surface area contributed by atoms with Gasteiger partial charge in [-0.15, -0.1) is 0 Å². The second-order valence-corrected chi connectivity index (χ2v) is 8.41. The summed E-state index contributed by atoms with van der Waals surface area (Å²) in [5, 5.41) is 2.62. The predicted octanol–water partition coefficient (Wildman–Crippen LogP) is 2.84. The molecule has 0 radical (unpaired) electrons. The third kappa shape index (κ3) is 5.59. The summed E-state index contributed by atoms with van der Waals surface area (Å²) >= 11 is 0. The molecule has 1 N–H and O–H groups in total. The Kier molecular flexibility index (Phi) is 7.20. The molecule has 4 rings (SSSR count). The first-order valence-corrected chi connectivity index (χ1v) is 11.2. The Bertz CT molecular complexity index is 1090. The monoisotopic (exact) mass is 467 g/mol. The van der Waals surface area contributed by atoms with Gasteiger partial charge >= 0.3 is 5.97 Å². The van der Waals surface area contributed by atoms with E-state index in [0.29, 0.717) is 48.3 Å². The molecule has 2 aliphatic heterocycles. The number of esters is 1. The van der Waals surface area contributed by atoms with Gasteiger partial charge in [0.15, 0.2) is 0 Å². The van der Waals surface area contributed by atoms with Crippen molar-refractivity contribution in [3.63, 3.8) is 0 Å². The van der Waals surface area contributed by atoms with E-state index in [-0.39, 0.29) is 18.1 Å². The average molecular weight is 467 g/mol. The Balaban J connectivity index is 1.28. The molecular formula is C25H26FN3O5. The van der Waals surface area contributed by atoms with Crippen LogP contribution in [-0.2, 0) is 25.5 Å². The number of halogens is 1. The SMILES string of the molecule is COC(=O)C1Cc2cc(C=CC(=O)N3CCC(COc4ccc(F)cc4)CC3)cnc2NC1=O. The van der Waals surface area contributed by atoms with Crippen molar-refractivity contribution in [2.45, 2.75) is 19.3 Å². The lowest BCUT2D eigenvalue weighted by Crippen LogP contribution is -2.38. The van der Waals surface area contributed by atoms with Gasteiger partial charge in [-0.3, -0.25) is 14.4 Å². The van der Waals surface area contributed by atoms with Crippen molar-refractivity contribution >= 4 is 29.7 Å². The van der Waals surface area contributed by atoms with E-state index in [1.54, 1.807) is 35.4 Å². The number of rotatable bonds is 6. The number of nitrogens with zero attached hydrogens (tertiary/aromatic N) is 2. The summed E-state index contributed by atoms with van der Waals surface area (Å²) in [6, 6.07) is 7.76. The Morgan fingerprint density at radius 2 is 1.97 bits per heavy atom. The smallest absolute Gasteiger partial charge is 0.318 e. The molecule has 2 aliphatic rings. The number of nitrogens with one attached hydrogen (secondary N) is 1. The molecule has 178 valence electrons. The molecule has 34 heavy (non-hydrogen) atoms. The summed E-state index contributed by atoms with van der Waals surface area (Å²) in [7, 11) is 1.25. The molecule has 0 spiro atoms. The molecule has 0 saturated carbocycles. The van der Waals surface area contributed by atoms with E-state index in [9.17, 15) is 18.8 Å². The molecule has 1 saturated heterocycles. The van der Waals surface area contributed by atoms with Gasteiger partial charge < -0.3 is 19.7 Å². The molecule has 1 aromatic heterocycles. The fourth-order valence-electron chi connectivity index (χ4n) is 4.07. The Hall–Kier alpha value is -3.75. The van der Waals surface area contributed by atoms with Crippen molar-refractivity contribution in [1.29, 1.82) is 0 Å². The number of pyridine rings is 1. The number of amides is 2. The number of anilines is 1. The molecule has 9 heteroatoms. The van der Waals surface area contributed by atoms with E-state index >= 15 is 0 Å². The number of hydrogen-bond acceptors (Lipinski definition) is 6. The quantitative estimate of drug-likeness (QED) is 0.399. The fraction of sp³-hybridized carbons (Fsp3) is 0.360. The topological polar surface area (TPSA) is 97.8 Å². The maximum atomic E-state index is 13.0. The lowest BCUT2D eigenvalue weighted by molar-refractivity contribution is -0.148. The number of aromatic nitrogens is 1. The molecule has 1 atom stereocenters. The standard InChI is InChI=1S/C25H26FN3O5/c1-33-25(32)21-13-18-12-17(14-27-23(18)28-24(21)31)2-7-22(30)29-10-8-16(9-11-29)15-34-20-5-3-19(26)4-6-20/h2-7,12,14,16,21H,8-11,13,15H2,1H3,(H,27,28,31). The first kappa shape index (κ1) is 23.4. The number of likely N-dealkylation sites (tertiary alicyclic amines) is 1.